The average molecular weight is 436 g/mol. The number of hydrogen-bond donors (Lipinski definition) is 2. The lowest BCUT2D eigenvalue weighted by atomic mass is 10.2. The van der Waals surface area contributed by atoms with Crippen molar-refractivity contribution >= 4 is 57.2 Å². The van der Waals surface area contributed by atoms with E-state index in [2.05, 4.69) is 10.3 Å². The third-order valence-electron chi connectivity index (χ3n) is 3.73. The highest BCUT2D eigenvalue weighted by Gasteiger charge is 2.20. The van der Waals surface area contributed by atoms with E-state index < -0.39 is 18.0 Å². The number of amides is 1. The van der Waals surface area contributed by atoms with Gasteiger partial charge >= 0.3 is 5.97 Å². The molecule has 2 aromatic carbocycles. The molecule has 0 aliphatic carbocycles. The molecule has 9 heteroatoms. The van der Waals surface area contributed by atoms with Gasteiger partial charge < -0.3 is 10.5 Å². The maximum atomic E-state index is 12.3. The molecule has 0 spiro atoms. The van der Waals surface area contributed by atoms with Crippen LogP contribution in [0.15, 0.2) is 47.8 Å². The van der Waals surface area contributed by atoms with Crippen molar-refractivity contribution in [3.63, 3.8) is 0 Å². The Hall–Kier alpha value is -2.61. The number of benzene rings is 2. The van der Waals surface area contributed by atoms with E-state index in [-0.39, 0.29) is 5.56 Å². The summed E-state index contributed by atoms with van der Waals surface area (Å²) in [5, 5.41) is 5.65. The lowest BCUT2D eigenvalue weighted by Gasteiger charge is -2.12. The Morgan fingerprint density at radius 3 is 2.68 bits per heavy atom. The fourth-order valence-corrected chi connectivity index (χ4v) is 3.29. The maximum Gasteiger partial charge on any atom is 0.338 e. The Morgan fingerprint density at radius 2 is 1.96 bits per heavy atom. The first kappa shape index (κ1) is 20.1. The second kappa shape index (κ2) is 8.60. The lowest BCUT2D eigenvalue weighted by Crippen LogP contribution is -2.30. The van der Waals surface area contributed by atoms with Gasteiger partial charge in [0, 0.05) is 16.6 Å². The number of nitrogens with two attached hydrogens (primary N) is 1. The number of nitrogens with one attached hydrogen (secondary N) is 1. The molecule has 3 rings (SSSR count). The van der Waals surface area contributed by atoms with E-state index in [0.717, 1.165) is 5.56 Å². The molecule has 0 fully saturated rings. The second-order valence-corrected chi connectivity index (χ2v) is 7.50. The van der Waals surface area contributed by atoms with Gasteiger partial charge in [-0.15, -0.1) is 11.3 Å². The highest BCUT2D eigenvalue weighted by molar-refractivity contribution is 7.14. The average Bonchev–Trinajstić information content (AvgIpc) is 3.12. The number of nitrogens with zero attached hydrogens (tertiary/aromatic N) is 1. The molecule has 0 saturated heterocycles. The Labute approximate surface area is 175 Å². The van der Waals surface area contributed by atoms with E-state index in [0.29, 0.717) is 26.6 Å². The van der Waals surface area contributed by atoms with Crippen LogP contribution in [-0.4, -0.2) is 23.0 Å². The van der Waals surface area contributed by atoms with Gasteiger partial charge in [0.2, 0.25) is 0 Å². The quantitative estimate of drug-likeness (QED) is 0.439. The zero-order chi connectivity index (χ0) is 20.3. The van der Waals surface area contributed by atoms with Crippen LogP contribution in [0, 0.1) is 0 Å². The first-order valence-corrected chi connectivity index (χ1v) is 9.75. The molecule has 0 aliphatic heterocycles. The van der Waals surface area contributed by atoms with Crippen LogP contribution in [0.25, 0.3) is 11.3 Å². The molecule has 0 bridgehead atoms. The van der Waals surface area contributed by atoms with E-state index >= 15 is 0 Å². The molecule has 1 unspecified atom stereocenters. The summed E-state index contributed by atoms with van der Waals surface area (Å²) in [4.78, 5) is 28.8. The molecule has 1 aromatic heterocycles. The van der Waals surface area contributed by atoms with E-state index in [1.807, 2.05) is 0 Å². The van der Waals surface area contributed by atoms with Crippen LogP contribution in [0.2, 0.25) is 10.0 Å². The number of carbonyl (C=O) groups excluding carboxylic acids is 2. The van der Waals surface area contributed by atoms with Gasteiger partial charge in [0.1, 0.15) is 0 Å². The minimum absolute atomic E-state index is 0.274. The van der Waals surface area contributed by atoms with E-state index in [9.17, 15) is 9.59 Å². The standard InChI is InChI=1S/C19H15Cl2N3O3S/c1-10(27-18(26)12-3-2-4-13(22)7-12)17(25)24-19-23-16(9-28-19)11-5-6-14(20)15(21)8-11/h2-10H,22H2,1H3,(H,23,24,25). The number of hydrogen-bond acceptors (Lipinski definition) is 6. The first-order valence-electron chi connectivity index (χ1n) is 8.12. The third-order valence-corrected chi connectivity index (χ3v) is 5.22. The number of anilines is 2. The summed E-state index contributed by atoms with van der Waals surface area (Å²) >= 11 is 13.2. The Kier molecular flexibility index (Phi) is 6.18. The number of esters is 1. The predicted octanol–water partition coefficient (Wildman–Crippen LogP) is 4.88. The monoisotopic (exact) mass is 435 g/mol. The highest BCUT2D eigenvalue weighted by atomic mass is 35.5. The van der Waals surface area contributed by atoms with Crippen molar-refractivity contribution in [1.29, 1.82) is 0 Å². The number of ether oxygens (including phenoxy) is 1. The number of thiazole rings is 1. The molecule has 6 nitrogen and oxygen atoms in total. The topological polar surface area (TPSA) is 94.3 Å². The molecule has 1 amide bonds. The van der Waals surface area contributed by atoms with Crippen molar-refractivity contribution in [2.24, 2.45) is 0 Å². The van der Waals surface area contributed by atoms with Crippen LogP contribution >= 0.6 is 34.5 Å². The molecule has 144 valence electrons. The molecule has 0 radical (unpaired) electrons. The number of carbonyl (C=O) groups is 2. The number of aromatic nitrogens is 1. The van der Waals surface area contributed by atoms with Crippen LogP contribution in [0.4, 0.5) is 10.8 Å². The zero-order valence-electron chi connectivity index (χ0n) is 14.6. The van der Waals surface area contributed by atoms with Crippen LogP contribution in [0.1, 0.15) is 17.3 Å². The van der Waals surface area contributed by atoms with Crippen molar-refractivity contribution in [2.75, 3.05) is 11.1 Å². The molecular formula is C19H15Cl2N3O3S. The molecule has 3 N–H and O–H groups in total. The Bertz CT molecular complexity index is 1040. The fourth-order valence-electron chi connectivity index (χ4n) is 2.27. The summed E-state index contributed by atoms with van der Waals surface area (Å²) < 4.78 is 5.18. The minimum Gasteiger partial charge on any atom is -0.449 e. The summed E-state index contributed by atoms with van der Waals surface area (Å²) in [7, 11) is 0. The van der Waals surface area contributed by atoms with Crippen LogP contribution in [0.5, 0.6) is 0 Å². The molecule has 3 aromatic rings. The van der Waals surface area contributed by atoms with Crippen molar-refractivity contribution in [2.45, 2.75) is 13.0 Å². The van der Waals surface area contributed by atoms with Gasteiger partial charge in [-0.25, -0.2) is 9.78 Å². The molecule has 0 saturated carbocycles. The Morgan fingerprint density at radius 1 is 1.18 bits per heavy atom. The van der Waals surface area contributed by atoms with Gasteiger partial charge in [-0.2, -0.15) is 0 Å². The van der Waals surface area contributed by atoms with E-state index in [1.165, 1.54) is 24.3 Å². The Balaban J connectivity index is 1.63. The van der Waals surface area contributed by atoms with Gasteiger partial charge in [0.15, 0.2) is 11.2 Å². The van der Waals surface area contributed by atoms with Crippen LogP contribution in [0.3, 0.4) is 0 Å². The molecule has 1 heterocycles. The maximum absolute atomic E-state index is 12.3. The van der Waals surface area contributed by atoms with Crippen LogP contribution < -0.4 is 11.1 Å². The van der Waals surface area contributed by atoms with E-state index in [4.69, 9.17) is 33.7 Å². The summed E-state index contributed by atoms with van der Waals surface area (Å²) in [6.45, 7) is 1.48. The zero-order valence-corrected chi connectivity index (χ0v) is 16.9. The minimum atomic E-state index is -1.01. The third kappa shape index (κ3) is 4.81. The van der Waals surface area contributed by atoms with Gasteiger partial charge in [-0.05, 0) is 37.3 Å². The van der Waals surface area contributed by atoms with E-state index in [1.54, 1.807) is 41.8 Å². The highest BCUT2D eigenvalue weighted by Crippen LogP contribution is 2.30. The predicted molar refractivity (Wildman–Crippen MR) is 112 cm³/mol. The van der Waals surface area contributed by atoms with Gasteiger partial charge in [0.05, 0.1) is 21.3 Å². The van der Waals surface area contributed by atoms with Crippen LogP contribution in [-0.2, 0) is 9.53 Å². The van der Waals surface area contributed by atoms with Crippen molar-refractivity contribution in [3.8, 4) is 11.3 Å². The molecule has 0 aliphatic rings. The number of halogens is 2. The summed E-state index contributed by atoms with van der Waals surface area (Å²) in [6, 6.07) is 11.5. The molecule has 28 heavy (non-hydrogen) atoms. The number of nitrogen functional groups attached to an aromatic ring is 1. The number of rotatable bonds is 5. The van der Waals surface area contributed by atoms with Crippen molar-refractivity contribution < 1.29 is 14.3 Å². The lowest BCUT2D eigenvalue weighted by molar-refractivity contribution is -0.123. The first-order chi connectivity index (χ1) is 13.3. The fraction of sp³-hybridized carbons (Fsp3) is 0.105. The molecule has 1 atom stereocenters. The molecular weight excluding hydrogens is 421 g/mol. The largest absolute Gasteiger partial charge is 0.449 e. The normalized spacial score (nSPS) is 11.7. The second-order valence-electron chi connectivity index (χ2n) is 5.83. The summed E-state index contributed by atoms with van der Waals surface area (Å²) in [5.41, 5.74) is 7.77. The van der Waals surface area contributed by atoms with Gasteiger partial charge in [-0.3, -0.25) is 10.1 Å². The summed E-state index contributed by atoms with van der Waals surface area (Å²) in [6.07, 6.45) is -1.01. The van der Waals surface area contributed by atoms with Gasteiger partial charge in [-0.1, -0.05) is 35.3 Å². The van der Waals surface area contributed by atoms with Crippen molar-refractivity contribution in [1.82, 2.24) is 4.98 Å². The smallest absolute Gasteiger partial charge is 0.338 e. The SMILES string of the molecule is CC(OC(=O)c1cccc(N)c1)C(=O)Nc1nc(-c2ccc(Cl)c(Cl)c2)cs1. The summed E-state index contributed by atoms with van der Waals surface area (Å²) in [5.74, 6) is -1.13. The van der Waals surface area contributed by atoms with Gasteiger partial charge in [0.25, 0.3) is 5.91 Å². The van der Waals surface area contributed by atoms with Crippen molar-refractivity contribution in [3.05, 3.63) is 63.5 Å².